The lowest BCUT2D eigenvalue weighted by Gasteiger charge is -2.19. The van der Waals surface area contributed by atoms with Gasteiger partial charge in [-0.15, -0.1) is 0 Å². The van der Waals surface area contributed by atoms with E-state index in [-0.39, 0.29) is 5.75 Å². The van der Waals surface area contributed by atoms with Crippen LogP contribution in [-0.2, 0) is 4.74 Å². The molecule has 0 spiro atoms. The molecule has 1 aromatic carbocycles. The van der Waals surface area contributed by atoms with E-state index in [1.165, 1.54) is 24.3 Å². The van der Waals surface area contributed by atoms with Gasteiger partial charge in [0.1, 0.15) is 11.4 Å². The van der Waals surface area contributed by atoms with E-state index in [4.69, 9.17) is 14.8 Å². The van der Waals surface area contributed by atoms with E-state index >= 15 is 0 Å². The maximum absolute atomic E-state index is 11.6. The molecule has 5 nitrogen and oxygen atoms in total. The lowest BCUT2D eigenvalue weighted by molar-refractivity contribution is 0.00695. The number of benzene rings is 1. The Labute approximate surface area is 100 Å². The zero-order valence-corrected chi connectivity index (χ0v) is 10.0. The van der Waals surface area contributed by atoms with E-state index in [9.17, 15) is 4.79 Å². The van der Waals surface area contributed by atoms with Gasteiger partial charge >= 0.3 is 13.3 Å². The van der Waals surface area contributed by atoms with E-state index in [1.54, 1.807) is 20.8 Å². The fraction of sp³-hybridized carbons (Fsp3) is 0.364. The predicted molar refractivity (Wildman–Crippen MR) is 62.4 cm³/mol. The van der Waals surface area contributed by atoms with E-state index in [1.807, 2.05) is 0 Å². The third-order valence-electron chi connectivity index (χ3n) is 1.73. The van der Waals surface area contributed by atoms with Gasteiger partial charge in [0.05, 0.1) is 5.56 Å². The molecule has 17 heavy (non-hydrogen) atoms. The van der Waals surface area contributed by atoms with Crippen LogP contribution in [0, 0.1) is 0 Å². The van der Waals surface area contributed by atoms with Gasteiger partial charge in [0.25, 0.3) is 0 Å². The summed E-state index contributed by atoms with van der Waals surface area (Å²) in [7, 11) is -1.87. The number of rotatable bonds is 3. The number of hydrogen-bond donors (Lipinski definition) is 2. The molecule has 92 valence electrons. The average Bonchev–Trinajstić information content (AvgIpc) is 2.15. The Morgan fingerprint density at radius 2 is 1.71 bits per heavy atom. The fourth-order valence-corrected chi connectivity index (χ4v) is 1.13. The molecule has 0 bridgehead atoms. The predicted octanol–water partition coefficient (Wildman–Crippen LogP) is 0.990. The van der Waals surface area contributed by atoms with Gasteiger partial charge in [-0.3, -0.25) is 0 Å². The summed E-state index contributed by atoms with van der Waals surface area (Å²) >= 11 is 0. The SMILES string of the molecule is CC(C)(C)OC(=O)c1ccc(OB(O)O)cc1. The van der Waals surface area contributed by atoms with Gasteiger partial charge in [0, 0.05) is 0 Å². The molecule has 0 amide bonds. The van der Waals surface area contributed by atoms with Gasteiger partial charge in [0.15, 0.2) is 0 Å². The summed E-state index contributed by atoms with van der Waals surface area (Å²) in [6.45, 7) is 5.35. The van der Waals surface area contributed by atoms with Gasteiger partial charge in [-0.1, -0.05) is 0 Å². The van der Waals surface area contributed by atoms with Crippen LogP contribution in [0.1, 0.15) is 31.1 Å². The first-order valence-electron chi connectivity index (χ1n) is 5.14. The van der Waals surface area contributed by atoms with Crippen molar-refractivity contribution >= 4 is 13.3 Å². The first-order chi connectivity index (χ1) is 7.78. The Kier molecular flexibility index (Phi) is 4.14. The van der Waals surface area contributed by atoms with Crippen molar-refractivity contribution in [3.8, 4) is 5.75 Å². The zero-order chi connectivity index (χ0) is 13.1. The van der Waals surface area contributed by atoms with Crippen LogP contribution in [0.25, 0.3) is 0 Å². The Morgan fingerprint density at radius 1 is 1.18 bits per heavy atom. The minimum absolute atomic E-state index is 0.257. The van der Waals surface area contributed by atoms with Crippen LogP contribution in [0.3, 0.4) is 0 Å². The third kappa shape index (κ3) is 4.88. The molecule has 0 saturated heterocycles. The summed E-state index contributed by atoms with van der Waals surface area (Å²) in [6, 6.07) is 5.90. The smallest absolute Gasteiger partial charge is 0.512 e. The second-order valence-electron chi connectivity index (χ2n) is 4.47. The van der Waals surface area contributed by atoms with Crippen molar-refractivity contribution in [1.29, 1.82) is 0 Å². The summed E-state index contributed by atoms with van der Waals surface area (Å²) < 4.78 is 9.78. The normalized spacial score (nSPS) is 10.9. The van der Waals surface area contributed by atoms with Crippen molar-refractivity contribution in [3.05, 3.63) is 29.8 Å². The Hall–Kier alpha value is -1.53. The number of esters is 1. The molecule has 0 aromatic heterocycles. The largest absolute Gasteiger partial charge is 0.707 e. The number of carbonyl (C=O) groups excluding carboxylic acids is 1. The van der Waals surface area contributed by atoms with Gasteiger partial charge in [-0.25, -0.2) is 4.79 Å². The lowest BCUT2D eigenvalue weighted by atomic mass is 10.1. The Morgan fingerprint density at radius 3 is 2.12 bits per heavy atom. The lowest BCUT2D eigenvalue weighted by Crippen LogP contribution is -2.24. The van der Waals surface area contributed by atoms with Gasteiger partial charge < -0.3 is 19.4 Å². The molecular formula is C11H15BO5. The first kappa shape index (κ1) is 13.5. The minimum atomic E-state index is -1.87. The van der Waals surface area contributed by atoms with Crippen LogP contribution >= 0.6 is 0 Å². The molecule has 0 fully saturated rings. The number of hydrogen-bond acceptors (Lipinski definition) is 5. The monoisotopic (exact) mass is 238 g/mol. The molecule has 0 aliphatic rings. The summed E-state index contributed by atoms with van der Waals surface area (Å²) in [5, 5.41) is 17.2. The molecule has 6 heteroatoms. The molecule has 0 radical (unpaired) electrons. The van der Waals surface area contributed by atoms with Crippen molar-refractivity contribution in [3.63, 3.8) is 0 Å². The van der Waals surface area contributed by atoms with E-state index in [0.717, 1.165) is 0 Å². The summed E-state index contributed by atoms with van der Waals surface area (Å²) in [6.07, 6.45) is 0. The van der Waals surface area contributed by atoms with Crippen molar-refractivity contribution < 1.29 is 24.2 Å². The van der Waals surface area contributed by atoms with Crippen molar-refractivity contribution in [2.24, 2.45) is 0 Å². The van der Waals surface area contributed by atoms with Crippen LogP contribution in [0.2, 0.25) is 0 Å². The molecule has 0 heterocycles. The van der Waals surface area contributed by atoms with Crippen LogP contribution in [0.4, 0.5) is 0 Å². The van der Waals surface area contributed by atoms with Crippen molar-refractivity contribution in [2.45, 2.75) is 26.4 Å². The maximum Gasteiger partial charge on any atom is 0.707 e. The van der Waals surface area contributed by atoms with E-state index < -0.39 is 18.9 Å². The number of ether oxygens (including phenoxy) is 1. The van der Waals surface area contributed by atoms with Crippen molar-refractivity contribution in [2.75, 3.05) is 0 Å². The van der Waals surface area contributed by atoms with Crippen LogP contribution in [0.15, 0.2) is 24.3 Å². The van der Waals surface area contributed by atoms with E-state index in [2.05, 4.69) is 4.65 Å². The first-order valence-corrected chi connectivity index (χ1v) is 5.14. The van der Waals surface area contributed by atoms with Gasteiger partial charge in [-0.05, 0) is 45.0 Å². The second kappa shape index (κ2) is 5.20. The molecule has 0 atom stereocenters. The molecule has 0 aliphatic heterocycles. The van der Waals surface area contributed by atoms with Crippen LogP contribution < -0.4 is 4.65 Å². The highest BCUT2D eigenvalue weighted by Gasteiger charge is 2.18. The van der Waals surface area contributed by atoms with Gasteiger partial charge in [0.2, 0.25) is 0 Å². The quantitative estimate of drug-likeness (QED) is 0.606. The second-order valence-corrected chi connectivity index (χ2v) is 4.47. The molecule has 2 N–H and O–H groups in total. The third-order valence-corrected chi connectivity index (χ3v) is 1.73. The fourth-order valence-electron chi connectivity index (χ4n) is 1.13. The maximum atomic E-state index is 11.6. The molecular weight excluding hydrogens is 223 g/mol. The van der Waals surface area contributed by atoms with Crippen LogP contribution in [0.5, 0.6) is 5.75 Å². The molecule has 0 aliphatic carbocycles. The molecule has 0 saturated carbocycles. The average molecular weight is 238 g/mol. The highest BCUT2D eigenvalue weighted by molar-refractivity contribution is 6.33. The Bertz CT molecular complexity index is 380. The van der Waals surface area contributed by atoms with Crippen molar-refractivity contribution in [1.82, 2.24) is 0 Å². The van der Waals surface area contributed by atoms with Gasteiger partial charge in [-0.2, -0.15) is 0 Å². The highest BCUT2D eigenvalue weighted by atomic mass is 16.6. The topological polar surface area (TPSA) is 76.0 Å². The zero-order valence-electron chi connectivity index (χ0n) is 10.0. The molecule has 1 aromatic rings. The summed E-state index contributed by atoms with van der Waals surface area (Å²) in [5.74, 6) is -0.180. The number of carbonyl (C=O) groups is 1. The summed E-state index contributed by atoms with van der Waals surface area (Å²) in [5.41, 5.74) is -0.173. The summed E-state index contributed by atoms with van der Waals surface area (Å²) in [4.78, 5) is 11.6. The molecule has 0 unspecified atom stereocenters. The minimum Gasteiger partial charge on any atom is -0.512 e. The van der Waals surface area contributed by atoms with Crippen LogP contribution in [-0.4, -0.2) is 28.9 Å². The Balaban J connectivity index is 2.71. The highest BCUT2D eigenvalue weighted by Crippen LogP contribution is 2.16. The van der Waals surface area contributed by atoms with E-state index in [0.29, 0.717) is 5.56 Å². The standard InChI is InChI=1S/C11H15BO5/c1-11(2,3)16-10(13)8-4-6-9(7-5-8)17-12(14)15/h4-7,14-15H,1-3H3. The molecule has 1 rings (SSSR count).